The Balaban J connectivity index is 1.63. The van der Waals surface area contributed by atoms with E-state index >= 15 is 0 Å². The van der Waals surface area contributed by atoms with Crippen LogP contribution in [0.25, 0.3) is 0 Å². The van der Waals surface area contributed by atoms with Gasteiger partial charge in [-0.1, -0.05) is 49.4 Å². The molecule has 2 heterocycles. The number of aryl methyl sites for hydroxylation is 1. The fourth-order valence-corrected chi connectivity index (χ4v) is 5.50. The first-order valence-corrected chi connectivity index (χ1v) is 14.8. The molecule has 9 nitrogen and oxygen atoms in total. The van der Waals surface area contributed by atoms with Gasteiger partial charge in [-0.3, -0.25) is 9.59 Å². The quantitative estimate of drug-likeness (QED) is 0.217. The van der Waals surface area contributed by atoms with E-state index in [0.29, 0.717) is 41.2 Å². The number of ether oxygens (including phenoxy) is 1. The molecule has 10 heteroatoms. The lowest BCUT2D eigenvalue weighted by molar-refractivity contribution is -0.133. The highest BCUT2D eigenvalue weighted by atomic mass is 32.2. The second-order valence-electron chi connectivity index (χ2n) is 9.68. The first kappa shape index (κ1) is 29.2. The maximum absolute atomic E-state index is 13.7. The largest absolute Gasteiger partial charge is 0.484 e. The van der Waals surface area contributed by atoms with Crippen LogP contribution < -0.4 is 15.4 Å². The van der Waals surface area contributed by atoms with Crippen LogP contribution in [0.5, 0.6) is 5.75 Å². The lowest BCUT2D eigenvalue weighted by Gasteiger charge is -2.28. The number of carbonyl (C=O) groups excluding carboxylic acids is 2. The van der Waals surface area contributed by atoms with Crippen molar-refractivity contribution in [3.63, 3.8) is 0 Å². The number of unbranched alkanes of at least 4 members (excludes halogenated alkanes) is 1. The molecule has 2 N–H and O–H groups in total. The normalized spacial score (nSPS) is 14.4. The van der Waals surface area contributed by atoms with Crippen molar-refractivity contribution in [1.82, 2.24) is 19.7 Å². The van der Waals surface area contributed by atoms with Gasteiger partial charge in [-0.15, -0.1) is 5.10 Å². The predicted molar refractivity (Wildman–Crippen MR) is 160 cm³/mol. The summed E-state index contributed by atoms with van der Waals surface area (Å²) >= 11 is 1.61. The minimum atomic E-state index is -0.500. The van der Waals surface area contributed by atoms with Crippen LogP contribution in [0.1, 0.15) is 57.7 Å². The Morgan fingerprint density at radius 2 is 1.85 bits per heavy atom. The summed E-state index contributed by atoms with van der Waals surface area (Å²) < 4.78 is 7.56. The molecule has 1 atom stereocenters. The van der Waals surface area contributed by atoms with Gasteiger partial charge in [0.15, 0.2) is 6.61 Å². The molecule has 40 heavy (non-hydrogen) atoms. The van der Waals surface area contributed by atoms with Gasteiger partial charge in [0.2, 0.25) is 11.1 Å². The first-order valence-electron chi connectivity index (χ1n) is 13.8. The number of nitrogens with one attached hydrogen (secondary N) is 2. The number of hydrogen-bond acceptors (Lipinski definition) is 7. The molecule has 212 valence electrons. The Morgan fingerprint density at radius 3 is 2.52 bits per heavy atom. The van der Waals surface area contributed by atoms with Crippen LogP contribution in [0.15, 0.2) is 65.0 Å². The van der Waals surface area contributed by atoms with E-state index in [1.54, 1.807) is 21.3 Å². The smallest absolute Gasteiger partial charge is 0.260 e. The standard InChI is InChI=1S/C30H38N6O3S/c1-6-9-17-40-30-33-29-31-21(5)26(28(38)32-23-12-10-11-20(4)18-23)27(36(29)34-30)22-13-15-24(16-14-22)39-19-25(37)35(7-2)8-3/h10-16,18,27H,6-9,17,19H2,1-5H3,(H,32,38)(H,31,33,34). The van der Waals surface area contributed by atoms with E-state index in [0.717, 1.165) is 35.4 Å². The summed E-state index contributed by atoms with van der Waals surface area (Å²) in [5, 5.41) is 11.8. The monoisotopic (exact) mass is 562 g/mol. The molecule has 0 saturated heterocycles. The molecule has 1 aliphatic heterocycles. The van der Waals surface area contributed by atoms with Crippen LogP contribution in [0.3, 0.4) is 0 Å². The van der Waals surface area contributed by atoms with E-state index < -0.39 is 6.04 Å². The lowest BCUT2D eigenvalue weighted by Crippen LogP contribution is -2.34. The van der Waals surface area contributed by atoms with Gasteiger partial charge in [0.1, 0.15) is 11.8 Å². The highest BCUT2D eigenvalue weighted by Crippen LogP contribution is 2.37. The van der Waals surface area contributed by atoms with E-state index in [1.807, 2.05) is 76.2 Å². The minimum absolute atomic E-state index is 0.0247. The number of benzene rings is 2. The van der Waals surface area contributed by atoms with Gasteiger partial charge in [-0.2, -0.15) is 4.98 Å². The van der Waals surface area contributed by atoms with Crippen molar-refractivity contribution in [2.75, 3.05) is 36.1 Å². The van der Waals surface area contributed by atoms with Crippen molar-refractivity contribution in [2.24, 2.45) is 0 Å². The van der Waals surface area contributed by atoms with Crippen LogP contribution in [0, 0.1) is 6.92 Å². The van der Waals surface area contributed by atoms with Gasteiger partial charge in [-0.05, 0) is 69.5 Å². The van der Waals surface area contributed by atoms with Gasteiger partial charge in [0, 0.05) is 30.2 Å². The highest BCUT2D eigenvalue weighted by Gasteiger charge is 2.34. The number of fused-ring (bicyclic) bond motifs is 1. The van der Waals surface area contributed by atoms with E-state index in [2.05, 4.69) is 17.6 Å². The van der Waals surface area contributed by atoms with E-state index in [-0.39, 0.29) is 18.4 Å². The molecule has 0 saturated carbocycles. The first-order chi connectivity index (χ1) is 19.3. The maximum atomic E-state index is 13.7. The number of likely N-dealkylation sites (N-methyl/N-ethyl adjacent to an activating group) is 1. The molecule has 2 aromatic carbocycles. The summed E-state index contributed by atoms with van der Waals surface area (Å²) in [5.74, 6) is 1.84. The molecule has 0 radical (unpaired) electrons. The van der Waals surface area contributed by atoms with Gasteiger partial charge in [0.05, 0.1) is 5.57 Å². The average Bonchev–Trinajstić information content (AvgIpc) is 3.34. The Morgan fingerprint density at radius 1 is 1.10 bits per heavy atom. The fraction of sp³-hybridized carbons (Fsp3) is 0.400. The van der Waals surface area contributed by atoms with E-state index in [4.69, 9.17) is 14.8 Å². The van der Waals surface area contributed by atoms with Crippen molar-refractivity contribution >= 4 is 35.2 Å². The number of nitrogens with zero attached hydrogens (tertiary/aromatic N) is 4. The second-order valence-corrected chi connectivity index (χ2v) is 10.7. The number of amides is 2. The summed E-state index contributed by atoms with van der Waals surface area (Å²) in [7, 11) is 0. The number of carbonyl (C=O) groups is 2. The van der Waals surface area contributed by atoms with Crippen molar-refractivity contribution in [2.45, 2.75) is 58.7 Å². The van der Waals surface area contributed by atoms with Crippen molar-refractivity contribution in [3.05, 3.63) is 70.9 Å². The number of anilines is 2. The predicted octanol–water partition coefficient (Wildman–Crippen LogP) is 5.65. The Bertz CT molecular complexity index is 1360. The van der Waals surface area contributed by atoms with E-state index in [1.165, 1.54) is 0 Å². The van der Waals surface area contributed by atoms with Crippen LogP contribution in [-0.4, -0.2) is 56.9 Å². The molecule has 1 aliphatic rings. The summed E-state index contributed by atoms with van der Waals surface area (Å²) in [4.78, 5) is 32.5. The third kappa shape index (κ3) is 6.85. The summed E-state index contributed by atoms with van der Waals surface area (Å²) in [6.07, 6.45) is 2.17. The number of allylic oxidation sites excluding steroid dienone is 1. The van der Waals surface area contributed by atoms with Gasteiger partial charge >= 0.3 is 0 Å². The second kappa shape index (κ2) is 13.5. The minimum Gasteiger partial charge on any atom is -0.484 e. The number of thioether (sulfide) groups is 1. The molecule has 0 spiro atoms. The van der Waals surface area contributed by atoms with Crippen molar-refractivity contribution in [1.29, 1.82) is 0 Å². The zero-order valence-electron chi connectivity index (χ0n) is 23.9. The molecular formula is C30H38N6O3S. The summed E-state index contributed by atoms with van der Waals surface area (Å²) in [5.41, 5.74) is 3.91. The van der Waals surface area contributed by atoms with Crippen LogP contribution in [0.2, 0.25) is 0 Å². The molecule has 0 aliphatic carbocycles. The molecule has 1 aromatic heterocycles. The zero-order valence-corrected chi connectivity index (χ0v) is 24.7. The molecule has 3 aromatic rings. The van der Waals surface area contributed by atoms with Gasteiger partial charge in [0.25, 0.3) is 11.8 Å². The van der Waals surface area contributed by atoms with Crippen LogP contribution in [-0.2, 0) is 9.59 Å². The lowest BCUT2D eigenvalue weighted by atomic mass is 9.95. The summed E-state index contributed by atoms with van der Waals surface area (Å²) in [6.45, 7) is 11.2. The van der Waals surface area contributed by atoms with Crippen LogP contribution in [0.4, 0.5) is 11.6 Å². The fourth-order valence-electron chi connectivity index (χ4n) is 4.58. The average molecular weight is 563 g/mol. The van der Waals surface area contributed by atoms with Crippen molar-refractivity contribution in [3.8, 4) is 5.75 Å². The third-order valence-corrected chi connectivity index (χ3v) is 7.68. The van der Waals surface area contributed by atoms with E-state index in [9.17, 15) is 9.59 Å². The van der Waals surface area contributed by atoms with Gasteiger partial charge in [-0.25, -0.2) is 4.68 Å². The number of aromatic nitrogens is 3. The molecule has 1 unspecified atom stereocenters. The highest BCUT2D eigenvalue weighted by molar-refractivity contribution is 7.99. The molecular weight excluding hydrogens is 524 g/mol. The molecule has 2 amide bonds. The number of rotatable bonds is 12. The number of hydrogen-bond donors (Lipinski definition) is 2. The topological polar surface area (TPSA) is 101 Å². The van der Waals surface area contributed by atoms with Crippen molar-refractivity contribution < 1.29 is 14.3 Å². The maximum Gasteiger partial charge on any atom is 0.260 e. The van der Waals surface area contributed by atoms with Crippen LogP contribution >= 0.6 is 11.8 Å². The Hall–Kier alpha value is -3.79. The molecule has 0 bridgehead atoms. The Labute approximate surface area is 240 Å². The third-order valence-electron chi connectivity index (χ3n) is 6.76. The SMILES string of the molecule is CCCCSc1nc2n(n1)C(c1ccc(OCC(=O)N(CC)CC)cc1)C(C(=O)Nc1cccc(C)c1)=C(C)N2. The molecule has 4 rings (SSSR count). The van der Waals surface area contributed by atoms with Gasteiger partial charge < -0.3 is 20.3 Å². The summed E-state index contributed by atoms with van der Waals surface area (Å²) in [6, 6.07) is 14.7. The zero-order chi connectivity index (χ0) is 28.6. The molecule has 0 fully saturated rings. The Kier molecular flexibility index (Phi) is 9.87.